The molecule has 1 aromatic rings. The summed E-state index contributed by atoms with van der Waals surface area (Å²) in [6, 6.07) is 6.29. The average molecular weight is 437 g/mol. The second-order valence-electron chi connectivity index (χ2n) is 7.09. The maximum Gasteiger partial charge on any atom is 0.306 e. The van der Waals surface area contributed by atoms with Crippen LogP contribution in [0.3, 0.4) is 0 Å². The topological polar surface area (TPSA) is 64.7 Å². The summed E-state index contributed by atoms with van der Waals surface area (Å²) in [5.74, 6) is 1.63. The monoisotopic (exact) mass is 436 g/mol. The Bertz CT molecular complexity index is 689. The van der Waals surface area contributed by atoms with E-state index in [-0.39, 0.29) is 5.97 Å². The Balaban J connectivity index is 2.60. The van der Waals surface area contributed by atoms with Crippen LogP contribution < -0.4 is 5.73 Å². The summed E-state index contributed by atoms with van der Waals surface area (Å²) < 4.78 is 5.55. The minimum absolute atomic E-state index is 0.110. The molecule has 6 heteroatoms. The van der Waals surface area contributed by atoms with Crippen molar-refractivity contribution in [3.05, 3.63) is 30.0 Å². The van der Waals surface area contributed by atoms with Crippen LogP contribution >= 0.6 is 23.5 Å². The van der Waals surface area contributed by atoms with E-state index >= 15 is 0 Å². The Morgan fingerprint density at radius 1 is 1.34 bits per heavy atom. The molecule has 0 saturated heterocycles. The van der Waals surface area contributed by atoms with Crippen molar-refractivity contribution < 1.29 is 9.53 Å². The molecule has 29 heavy (non-hydrogen) atoms. The highest BCUT2D eigenvalue weighted by molar-refractivity contribution is 7.99. The predicted molar refractivity (Wildman–Crippen MR) is 129 cm³/mol. The summed E-state index contributed by atoms with van der Waals surface area (Å²) in [5, 5.41) is 0. The molecule has 1 aromatic carbocycles. The number of ether oxygens (including phenoxy) is 1. The molecule has 0 heterocycles. The van der Waals surface area contributed by atoms with Crippen molar-refractivity contribution in [2.24, 2.45) is 22.6 Å². The van der Waals surface area contributed by atoms with E-state index in [1.807, 2.05) is 6.26 Å². The molecule has 1 rings (SSSR count). The quantitative estimate of drug-likeness (QED) is 0.237. The minimum atomic E-state index is -0.110. The molecule has 2 atom stereocenters. The van der Waals surface area contributed by atoms with Crippen molar-refractivity contribution in [3.8, 4) is 0 Å². The Morgan fingerprint density at radius 2 is 2.10 bits per heavy atom. The summed E-state index contributed by atoms with van der Waals surface area (Å²) in [4.78, 5) is 18.5. The zero-order valence-corrected chi connectivity index (χ0v) is 20.1. The van der Waals surface area contributed by atoms with Gasteiger partial charge in [0.05, 0.1) is 13.0 Å². The van der Waals surface area contributed by atoms with Crippen LogP contribution in [0.25, 0.3) is 5.57 Å². The zero-order valence-electron chi connectivity index (χ0n) is 18.4. The number of nitrogens with zero attached hydrogens (tertiary/aromatic N) is 1. The second kappa shape index (κ2) is 14.6. The van der Waals surface area contributed by atoms with Crippen LogP contribution in [-0.4, -0.2) is 37.8 Å². The molecule has 0 aliphatic heterocycles. The highest BCUT2D eigenvalue weighted by atomic mass is 32.2. The molecule has 0 aliphatic carbocycles. The Kier molecular flexibility index (Phi) is 12.9. The Morgan fingerprint density at radius 3 is 2.69 bits per heavy atom. The van der Waals surface area contributed by atoms with E-state index in [1.165, 1.54) is 12.8 Å². The van der Waals surface area contributed by atoms with E-state index in [4.69, 9.17) is 10.5 Å². The van der Waals surface area contributed by atoms with Gasteiger partial charge in [0.2, 0.25) is 0 Å². The number of thioether (sulfide) groups is 2. The maximum absolute atomic E-state index is 12.2. The first-order valence-corrected chi connectivity index (χ1v) is 12.5. The van der Waals surface area contributed by atoms with Crippen LogP contribution in [0.2, 0.25) is 0 Å². The van der Waals surface area contributed by atoms with Gasteiger partial charge in [-0.1, -0.05) is 33.6 Å². The van der Waals surface area contributed by atoms with Crippen LogP contribution in [0.5, 0.6) is 0 Å². The second-order valence-corrected chi connectivity index (χ2v) is 9.10. The van der Waals surface area contributed by atoms with E-state index in [0.29, 0.717) is 30.6 Å². The molecule has 4 nitrogen and oxygen atoms in total. The Labute approximate surface area is 185 Å². The smallest absolute Gasteiger partial charge is 0.306 e. The summed E-state index contributed by atoms with van der Waals surface area (Å²) >= 11 is 3.34. The molecule has 0 radical (unpaired) electrons. The van der Waals surface area contributed by atoms with E-state index in [0.717, 1.165) is 27.3 Å². The van der Waals surface area contributed by atoms with Gasteiger partial charge in [-0.15, -0.1) is 23.5 Å². The molecule has 0 saturated carbocycles. The highest BCUT2D eigenvalue weighted by Gasteiger charge is 2.17. The fraction of sp³-hybridized carbons (Fsp3) is 0.565. The van der Waals surface area contributed by atoms with E-state index in [9.17, 15) is 4.79 Å². The highest BCUT2D eigenvalue weighted by Crippen LogP contribution is 2.31. The summed E-state index contributed by atoms with van der Waals surface area (Å²) in [5.41, 5.74) is 7.74. The van der Waals surface area contributed by atoms with Gasteiger partial charge in [0.1, 0.15) is 0 Å². The number of hydrogen-bond donors (Lipinski definition) is 1. The number of allylic oxidation sites excluding steroid dienone is 1. The van der Waals surface area contributed by atoms with Crippen molar-refractivity contribution in [1.29, 1.82) is 0 Å². The number of carbonyl (C=O) groups excluding carboxylic acids is 1. The SMILES string of the molecule is CCC[C@@H](C)C(CC)COC(=O)CCSc1ccc(SC)c(C(C=NC)=CN)c1. The maximum atomic E-state index is 12.2. The first kappa shape index (κ1) is 25.6. The van der Waals surface area contributed by atoms with Crippen molar-refractivity contribution in [2.45, 2.75) is 56.2 Å². The standard InChI is InChI=1S/C23H36N2O2S2/c1-6-8-17(3)18(7-2)16-27-23(26)11-12-29-20-9-10-22(28-5)21(13-20)19(14-24)15-25-4/h9-10,13-15,17-18H,6-8,11-12,16,24H2,1-5H3/t17-,18?/m1/s1. The van der Waals surface area contributed by atoms with Crippen molar-refractivity contribution in [3.63, 3.8) is 0 Å². The number of carbonyl (C=O) groups is 1. The van der Waals surface area contributed by atoms with Crippen molar-refractivity contribution >= 4 is 41.3 Å². The summed E-state index contributed by atoms with van der Waals surface area (Å²) in [6.07, 6.45) is 9.21. The summed E-state index contributed by atoms with van der Waals surface area (Å²) in [7, 11) is 1.73. The number of esters is 1. The first-order valence-electron chi connectivity index (χ1n) is 10.3. The van der Waals surface area contributed by atoms with Crippen molar-refractivity contribution in [2.75, 3.05) is 25.7 Å². The third kappa shape index (κ3) is 8.87. The van der Waals surface area contributed by atoms with Crippen LogP contribution in [0.15, 0.2) is 39.2 Å². The molecule has 0 aliphatic rings. The number of aliphatic imine (C=N–C) groups is 1. The van der Waals surface area contributed by atoms with Gasteiger partial charge in [-0.3, -0.25) is 9.79 Å². The van der Waals surface area contributed by atoms with Crippen LogP contribution in [0, 0.1) is 11.8 Å². The number of benzene rings is 1. The third-order valence-corrected chi connectivity index (χ3v) is 6.83. The minimum Gasteiger partial charge on any atom is -0.465 e. The molecule has 0 amide bonds. The van der Waals surface area contributed by atoms with Gasteiger partial charge in [0.15, 0.2) is 0 Å². The van der Waals surface area contributed by atoms with Gasteiger partial charge in [-0.2, -0.15) is 0 Å². The van der Waals surface area contributed by atoms with Crippen LogP contribution in [-0.2, 0) is 9.53 Å². The predicted octanol–water partition coefficient (Wildman–Crippen LogP) is 5.90. The fourth-order valence-electron chi connectivity index (χ4n) is 3.24. The lowest BCUT2D eigenvalue weighted by molar-refractivity contribution is -0.145. The average Bonchev–Trinajstić information content (AvgIpc) is 2.72. The Hall–Kier alpha value is -1.40. The van der Waals surface area contributed by atoms with Gasteiger partial charge >= 0.3 is 5.97 Å². The summed E-state index contributed by atoms with van der Waals surface area (Å²) in [6.45, 7) is 7.16. The molecular formula is C23H36N2O2S2. The van der Waals surface area contributed by atoms with E-state index in [1.54, 1.807) is 43.0 Å². The fourth-order valence-corrected chi connectivity index (χ4v) is 4.71. The molecule has 0 aromatic heterocycles. The number of hydrogen-bond acceptors (Lipinski definition) is 6. The van der Waals surface area contributed by atoms with Gasteiger partial charge in [0.25, 0.3) is 0 Å². The van der Waals surface area contributed by atoms with Crippen LogP contribution in [0.4, 0.5) is 0 Å². The molecule has 0 bridgehead atoms. The molecule has 1 unspecified atom stereocenters. The van der Waals surface area contributed by atoms with E-state index < -0.39 is 0 Å². The molecule has 0 fully saturated rings. The van der Waals surface area contributed by atoms with Gasteiger partial charge in [-0.25, -0.2) is 0 Å². The zero-order chi connectivity index (χ0) is 21.6. The van der Waals surface area contributed by atoms with Gasteiger partial charge in [0, 0.05) is 40.6 Å². The lowest BCUT2D eigenvalue weighted by Gasteiger charge is -2.21. The normalized spacial score (nSPS) is 14.2. The van der Waals surface area contributed by atoms with Gasteiger partial charge < -0.3 is 10.5 Å². The number of rotatable bonds is 13. The van der Waals surface area contributed by atoms with Crippen molar-refractivity contribution in [1.82, 2.24) is 0 Å². The lowest BCUT2D eigenvalue weighted by Crippen LogP contribution is -2.20. The van der Waals surface area contributed by atoms with Gasteiger partial charge in [-0.05, 0) is 48.3 Å². The largest absolute Gasteiger partial charge is 0.465 e. The third-order valence-electron chi connectivity index (χ3n) is 5.04. The lowest BCUT2D eigenvalue weighted by atomic mass is 9.89. The van der Waals surface area contributed by atoms with E-state index in [2.05, 4.69) is 44.0 Å². The van der Waals surface area contributed by atoms with Crippen LogP contribution in [0.1, 0.15) is 52.0 Å². The molecular weight excluding hydrogens is 400 g/mol. The number of nitrogens with two attached hydrogens (primary N) is 1. The molecule has 2 N–H and O–H groups in total. The first-order chi connectivity index (χ1) is 14.0. The molecule has 0 spiro atoms. The molecule has 162 valence electrons.